The van der Waals surface area contributed by atoms with Crippen LogP contribution in [0.5, 0.6) is 0 Å². The Morgan fingerprint density at radius 1 is 1.08 bits per heavy atom. The van der Waals surface area contributed by atoms with Crippen LogP contribution in [0.25, 0.3) is 11.5 Å². The molecule has 122 valence electrons. The fraction of sp³-hybridized carbons (Fsp3) is 0.333. The molecule has 4 rings (SSSR count). The summed E-state index contributed by atoms with van der Waals surface area (Å²) in [5, 5.41) is 8.36. The summed E-state index contributed by atoms with van der Waals surface area (Å²) in [5.41, 5.74) is 1.96. The average Bonchev–Trinajstić information content (AvgIpc) is 3.12. The molecule has 1 unspecified atom stereocenters. The summed E-state index contributed by atoms with van der Waals surface area (Å²) >= 11 is 0. The van der Waals surface area contributed by atoms with Crippen molar-refractivity contribution >= 4 is 0 Å². The summed E-state index contributed by atoms with van der Waals surface area (Å²) in [6.07, 6.45) is 8.84. The van der Waals surface area contributed by atoms with E-state index >= 15 is 0 Å². The number of pyridine rings is 2. The normalized spacial score (nSPS) is 18.6. The molecule has 24 heavy (non-hydrogen) atoms. The Balaban J connectivity index is 1.52. The third kappa shape index (κ3) is 3.19. The number of hydrogen-bond donors (Lipinski definition) is 0. The number of piperidine rings is 1. The van der Waals surface area contributed by atoms with Gasteiger partial charge < -0.3 is 4.42 Å². The van der Waals surface area contributed by atoms with Gasteiger partial charge in [0, 0.05) is 18.6 Å². The van der Waals surface area contributed by atoms with Gasteiger partial charge in [0.15, 0.2) is 0 Å². The number of nitrogens with zero attached hydrogens (tertiary/aromatic N) is 5. The maximum absolute atomic E-state index is 5.83. The lowest BCUT2D eigenvalue weighted by Gasteiger charge is -2.34. The van der Waals surface area contributed by atoms with Crippen LogP contribution in [0.3, 0.4) is 0 Å². The summed E-state index contributed by atoms with van der Waals surface area (Å²) in [5.74, 6) is 1.15. The molecular formula is C18H19N5O. The number of aromatic nitrogens is 4. The van der Waals surface area contributed by atoms with Crippen molar-refractivity contribution in [2.45, 2.75) is 31.8 Å². The van der Waals surface area contributed by atoms with Crippen LogP contribution in [0.2, 0.25) is 0 Å². The van der Waals surface area contributed by atoms with Gasteiger partial charge in [0.1, 0.15) is 0 Å². The second-order valence-corrected chi connectivity index (χ2v) is 5.98. The van der Waals surface area contributed by atoms with Gasteiger partial charge in [-0.2, -0.15) is 0 Å². The Labute approximate surface area is 140 Å². The quantitative estimate of drug-likeness (QED) is 0.735. The molecule has 0 aromatic carbocycles. The van der Waals surface area contributed by atoms with Crippen LogP contribution in [-0.2, 0) is 6.54 Å². The highest BCUT2D eigenvalue weighted by atomic mass is 16.4. The highest BCUT2D eigenvalue weighted by Gasteiger charge is 2.26. The molecule has 3 aromatic heterocycles. The zero-order valence-electron chi connectivity index (χ0n) is 13.4. The molecule has 6 heteroatoms. The van der Waals surface area contributed by atoms with Gasteiger partial charge in [0.05, 0.1) is 23.8 Å². The predicted octanol–water partition coefficient (Wildman–Crippen LogP) is 3.25. The standard InChI is InChI=1S/C18H19N5O/c1-3-10-20-15(7-1)16-8-2-4-11-23(16)13-17-21-22-18(24-17)14-6-5-9-19-12-14/h1,3,5-7,9-10,12,16H,2,4,8,11,13H2. The van der Waals surface area contributed by atoms with Crippen molar-refractivity contribution in [3.63, 3.8) is 0 Å². The molecule has 0 aliphatic carbocycles. The monoisotopic (exact) mass is 321 g/mol. The molecule has 0 amide bonds. The van der Waals surface area contributed by atoms with Crippen molar-refractivity contribution < 1.29 is 4.42 Å². The van der Waals surface area contributed by atoms with Gasteiger partial charge in [-0.1, -0.05) is 12.5 Å². The van der Waals surface area contributed by atoms with Gasteiger partial charge in [0.25, 0.3) is 0 Å². The first-order valence-corrected chi connectivity index (χ1v) is 8.28. The largest absolute Gasteiger partial charge is 0.419 e. The summed E-state index contributed by atoms with van der Waals surface area (Å²) in [7, 11) is 0. The van der Waals surface area contributed by atoms with Gasteiger partial charge in [0.2, 0.25) is 11.8 Å². The van der Waals surface area contributed by atoms with Crippen LogP contribution < -0.4 is 0 Å². The van der Waals surface area contributed by atoms with Crippen molar-refractivity contribution in [1.82, 2.24) is 25.1 Å². The molecule has 1 atom stereocenters. The summed E-state index contributed by atoms with van der Waals surface area (Å²) in [4.78, 5) is 11.0. The van der Waals surface area contributed by atoms with E-state index in [4.69, 9.17) is 4.42 Å². The van der Waals surface area contributed by atoms with Gasteiger partial charge in [-0.05, 0) is 43.7 Å². The van der Waals surface area contributed by atoms with E-state index < -0.39 is 0 Å². The molecule has 1 aliphatic rings. The van der Waals surface area contributed by atoms with E-state index in [0.29, 0.717) is 24.4 Å². The molecular weight excluding hydrogens is 302 g/mol. The van der Waals surface area contributed by atoms with Crippen molar-refractivity contribution in [2.75, 3.05) is 6.54 Å². The molecule has 1 aliphatic heterocycles. The third-order valence-electron chi connectivity index (χ3n) is 4.36. The molecule has 1 saturated heterocycles. The molecule has 3 aromatic rings. The average molecular weight is 321 g/mol. The van der Waals surface area contributed by atoms with E-state index in [1.54, 1.807) is 12.4 Å². The van der Waals surface area contributed by atoms with Crippen LogP contribution in [0.15, 0.2) is 53.3 Å². The van der Waals surface area contributed by atoms with E-state index in [1.807, 2.05) is 30.5 Å². The molecule has 1 fully saturated rings. The first-order valence-electron chi connectivity index (χ1n) is 8.28. The fourth-order valence-electron chi connectivity index (χ4n) is 3.19. The van der Waals surface area contributed by atoms with E-state index in [-0.39, 0.29) is 0 Å². The van der Waals surface area contributed by atoms with Gasteiger partial charge in [-0.25, -0.2) is 0 Å². The molecule has 0 bridgehead atoms. The first-order chi connectivity index (χ1) is 11.9. The van der Waals surface area contributed by atoms with Crippen molar-refractivity contribution in [3.8, 4) is 11.5 Å². The lowest BCUT2D eigenvalue weighted by Crippen LogP contribution is -2.33. The molecule has 4 heterocycles. The highest BCUT2D eigenvalue weighted by Crippen LogP contribution is 2.31. The topological polar surface area (TPSA) is 67.9 Å². The predicted molar refractivity (Wildman–Crippen MR) is 88.8 cm³/mol. The Hall–Kier alpha value is -2.60. The Bertz CT molecular complexity index is 774. The minimum absolute atomic E-state index is 0.314. The first kappa shape index (κ1) is 15.0. The minimum Gasteiger partial charge on any atom is -0.419 e. The van der Waals surface area contributed by atoms with Gasteiger partial charge in [-0.3, -0.25) is 14.9 Å². The fourth-order valence-corrected chi connectivity index (χ4v) is 3.19. The van der Waals surface area contributed by atoms with Crippen LogP contribution in [0.1, 0.15) is 36.9 Å². The molecule has 0 N–H and O–H groups in total. The summed E-state index contributed by atoms with van der Waals surface area (Å²) in [6, 6.07) is 10.2. The smallest absolute Gasteiger partial charge is 0.249 e. The van der Waals surface area contributed by atoms with Crippen LogP contribution in [0.4, 0.5) is 0 Å². The molecule has 0 radical (unpaired) electrons. The zero-order chi connectivity index (χ0) is 16.2. The lowest BCUT2D eigenvalue weighted by molar-refractivity contribution is 0.125. The molecule has 0 saturated carbocycles. The highest BCUT2D eigenvalue weighted by molar-refractivity contribution is 5.49. The Kier molecular flexibility index (Phi) is 4.29. The van der Waals surface area contributed by atoms with Gasteiger partial charge in [-0.15, -0.1) is 10.2 Å². The van der Waals surface area contributed by atoms with Crippen LogP contribution >= 0.6 is 0 Å². The second kappa shape index (κ2) is 6.88. The lowest BCUT2D eigenvalue weighted by atomic mass is 9.99. The van der Waals surface area contributed by atoms with E-state index in [1.165, 1.54) is 12.8 Å². The van der Waals surface area contributed by atoms with Gasteiger partial charge >= 0.3 is 0 Å². The van der Waals surface area contributed by atoms with Crippen molar-refractivity contribution in [1.29, 1.82) is 0 Å². The summed E-state index contributed by atoms with van der Waals surface area (Å²) in [6.45, 7) is 1.67. The van der Waals surface area contributed by atoms with Crippen molar-refractivity contribution in [3.05, 3.63) is 60.5 Å². The SMILES string of the molecule is c1ccc(C2CCCCN2Cc2nnc(-c3cccnc3)o2)nc1. The number of likely N-dealkylation sites (tertiary alicyclic amines) is 1. The van der Waals surface area contributed by atoms with E-state index in [9.17, 15) is 0 Å². The van der Waals surface area contributed by atoms with E-state index in [0.717, 1.165) is 24.2 Å². The molecule has 6 nitrogen and oxygen atoms in total. The van der Waals surface area contributed by atoms with Crippen LogP contribution in [0, 0.1) is 0 Å². The Morgan fingerprint density at radius 3 is 2.92 bits per heavy atom. The zero-order valence-corrected chi connectivity index (χ0v) is 13.4. The minimum atomic E-state index is 0.314. The van der Waals surface area contributed by atoms with E-state index in [2.05, 4.69) is 31.1 Å². The maximum atomic E-state index is 5.83. The Morgan fingerprint density at radius 2 is 2.08 bits per heavy atom. The van der Waals surface area contributed by atoms with Crippen LogP contribution in [-0.4, -0.2) is 31.6 Å². The number of rotatable bonds is 4. The molecule has 0 spiro atoms. The maximum Gasteiger partial charge on any atom is 0.249 e. The second-order valence-electron chi connectivity index (χ2n) is 5.98. The third-order valence-corrected chi connectivity index (χ3v) is 4.36. The van der Waals surface area contributed by atoms with Crippen molar-refractivity contribution in [2.24, 2.45) is 0 Å². The summed E-state index contributed by atoms with van der Waals surface area (Å²) < 4.78 is 5.83. The number of hydrogen-bond acceptors (Lipinski definition) is 6.